The maximum Gasteiger partial charge on any atom is 0.184 e. The van der Waals surface area contributed by atoms with E-state index in [1.807, 2.05) is 0 Å². The molecule has 1 aromatic rings. The van der Waals surface area contributed by atoms with E-state index in [2.05, 4.69) is 33.8 Å². The molecule has 3 nitrogen and oxygen atoms in total. The Morgan fingerprint density at radius 1 is 1.17 bits per heavy atom. The number of benzene rings is 1. The van der Waals surface area contributed by atoms with E-state index in [9.17, 15) is 0 Å². The third-order valence-corrected chi connectivity index (χ3v) is 3.43. The van der Waals surface area contributed by atoms with Gasteiger partial charge in [-0.3, -0.25) is 0 Å². The summed E-state index contributed by atoms with van der Waals surface area (Å²) < 4.78 is 17.0. The highest BCUT2D eigenvalue weighted by Gasteiger charge is 2.24. The Labute approximate surface area is 109 Å². The monoisotopic (exact) mass is 250 g/mol. The van der Waals surface area contributed by atoms with E-state index in [1.165, 1.54) is 16.7 Å². The Kier molecular flexibility index (Phi) is 4.25. The van der Waals surface area contributed by atoms with Gasteiger partial charge in [-0.1, -0.05) is 6.92 Å². The fourth-order valence-corrected chi connectivity index (χ4v) is 2.31. The highest BCUT2D eigenvalue weighted by Crippen LogP contribution is 2.35. The van der Waals surface area contributed by atoms with Crippen LogP contribution in [-0.2, 0) is 9.47 Å². The first-order chi connectivity index (χ1) is 8.65. The molecule has 1 aromatic carbocycles. The third-order valence-electron chi connectivity index (χ3n) is 3.43. The molecule has 0 atom stereocenters. The van der Waals surface area contributed by atoms with Gasteiger partial charge >= 0.3 is 0 Å². The standard InChI is InChI=1S/C15H22O3/c1-5-6-16-13-9-10(2)14(12(4)11(13)3)15-17-7-8-18-15/h9,15H,5-8H2,1-4H3. The number of hydrogen-bond donors (Lipinski definition) is 0. The zero-order valence-electron chi connectivity index (χ0n) is 11.7. The van der Waals surface area contributed by atoms with Crippen molar-refractivity contribution in [1.82, 2.24) is 0 Å². The van der Waals surface area contributed by atoms with Gasteiger partial charge in [0, 0.05) is 5.56 Å². The molecule has 0 amide bonds. The lowest BCUT2D eigenvalue weighted by Gasteiger charge is -2.20. The third kappa shape index (κ3) is 2.52. The zero-order chi connectivity index (χ0) is 13.1. The van der Waals surface area contributed by atoms with Gasteiger partial charge < -0.3 is 14.2 Å². The molecule has 1 fully saturated rings. The molecule has 2 rings (SSSR count). The lowest BCUT2D eigenvalue weighted by molar-refractivity contribution is -0.0450. The lowest BCUT2D eigenvalue weighted by atomic mass is 9.97. The van der Waals surface area contributed by atoms with Gasteiger partial charge in [-0.2, -0.15) is 0 Å². The van der Waals surface area contributed by atoms with Crippen LogP contribution in [0.3, 0.4) is 0 Å². The van der Waals surface area contributed by atoms with Crippen LogP contribution in [0.25, 0.3) is 0 Å². The summed E-state index contributed by atoms with van der Waals surface area (Å²) >= 11 is 0. The topological polar surface area (TPSA) is 27.7 Å². The van der Waals surface area contributed by atoms with Gasteiger partial charge in [0.05, 0.1) is 19.8 Å². The van der Waals surface area contributed by atoms with Gasteiger partial charge in [0.2, 0.25) is 0 Å². The van der Waals surface area contributed by atoms with Crippen molar-refractivity contribution in [3.05, 3.63) is 28.3 Å². The quantitative estimate of drug-likeness (QED) is 0.819. The molecule has 0 radical (unpaired) electrons. The van der Waals surface area contributed by atoms with Crippen LogP contribution in [0.4, 0.5) is 0 Å². The predicted octanol–water partition coefficient (Wildman–Crippen LogP) is 3.45. The van der Waals surface area contributed by atoms with Crippen molar-refractivity contribution in [2.45, 2.75) is 40.4 Å². The zero-order valence-corrected chi connectivity index (χ0v) is 11.7. The van der Waals surface area contributed by atoms with E-state index in [0.29, 0.717) is 13.2 Å². The number of aryl methyl sites for hydroxylation is 1. The van der Waals surface area contributed by atoms with Crippen molar-refractivity contribution in [3.8, 4) is 5.75 Å². The minimum atomic E-state index is -0.205. The van der Waals surface area contributed by atoms with E-state index in [0.717, 1.165) is 24.3 Å². The van der Waals surface area contributed by atoms with Crippen molar-refractivity contribution in [1.29, 1.82) is 0 Å². The van der Waals surface area contributed by atoms with Crippen LogP contribution < -0.4 is 4.74 Å². The molecule has 3 heteroatoms. The number of ether oxygens (including phenoxy) is 3. The number of hydrogen-bond acceptors (Lipinski definition) is 3. The summed E-state index contributed by atoms with van der Waals surface area (Å²) in [5.74, 6) is 0.980. The Hall–Kier alpha value is -1.06. The molecule has 0 aromatic heterocycles. The molecular weight excluding hydrogens is 228 g/mol. The Morgan fingerprint density at radius 2 is 1.83 bits per heavy atom. The smallest absolute Gasteiger partial charge is 0.184 e. The minimum absolute atomic E-state index is 0.205. The molecule has 0 spiro atoms. The molecule has 100 valence electrons. The van der Waals surface area contributed by atoms with Crippen molar-refractivity contribution in [3.63, 3.8) is 0 Å². The lowest BCUT2D eigenvalue weighted by Crippen LogP contribution is -2.07. The average molecular weight is 250 g/mol. The van der Waals surface area contributed by atoms with Crippen LogP contribution >= 0.6 is 0 Å². The van der Waals surface area contributed by atoms with Gasteiger partial charge in [-0.15, -0.1) is 0 Å². The molecule has 1 heterocycles. The van der Waals surface area contributed by atoms with Crippen LogP contribution in [0.1, 0.15) is 41.9 Å². The second-order valence-corrected chi connectivity index (χ2v) is 4.78. The maximum atomic E-state index is 5.78. The van der Waals surface area contributed by atoms with Crippen molar-refractivity contribution in [2.75, 3.05) is 19.8 Å². The van der Waals surface area contributed by atoms with E-state index >= 15 is 0 Å². The fourth-order valence-electron chi connectivity index (χ4n) is 2.31. The van der Waals surface area contributed by atoms with Crippen LogP contribution in [0.5, 0.6) is 5.75 Å². The minimum Gasteiger partial charge on any atom is -0.493 e. The second-order valence-electron chi connectivity index (χ2n) is 4.78. The summed E-state index contributed by atoms with van der Waals surface area (Å²) in [6.07, 6.45) is 0.817. The van der Waals surface area contributed by atoms with E-state index in [1.54, 1.807) is 0 Å². The van der Waals surface area contributed by atoms with Gasteiger partial charge in [-0.05, 0) is 49.9 Å². The number of rotatable bonds is 4. The first kappa shape index (κ1) is 13.4. The van der Waals surface area contributed by atoms with Crippen LogP contribution in [0, 0.1) is 20.8 Å². The molecule has 0 unspecified atom stereocenters. The summed E-state index contributed by atoms with van der Waals surface area (Å²) in [6, 6.07) is 2.10. The average Bonchev–Trinajstić information content (AvgIpc) is 2.86. The molecular formula is C15H22O3. The van der Waals surface area contributed by atoms with Crippen molar-refractivity contribution in [2.24, 2.45) is 0 Å². The normalized spacial score (nSPS) is 16.2. The highest BCUT2D eigenvalue weighted by atomic mass is 16.7. The summed E-state index contributed by atoms with van der Waals surface area (Å²) in [6.45, 7) is 10.5. The van der Waals surface area contributed by atoms with Crippen molar-refractivity contribution >= 4 is 0 Å². The molecule has 1 saturated heterocycles. The molecule has 18 heavy (non-hydrogen) atoms. The Balaban J connectivity index is 2.34. The van der Waals surface area contributed by atoms with Crippen LogP contribution in [-0.4, -0.2) is 19.8 Å². The summed E-state index contributed by atoms with van der Waals surface area (Å²) in [5, 5.41) is 0. The summed E-state index contributed by atoms with van der Waals surface area (Å²) in [4.78, 5) is 0. The second kappa shape index (κ2) is 5.72. The molecule has 1 aliphatic heterocycles. The van der Waals surface area contributed by atoms with Crippen molar-refractivity contribution < 1.29 is 14.2 Å². The molecule has 0 N–H and O–H groups in total. The largest absolute Gasteiger partial charge is 0.493 e. The maximum absolute atomic E-state index is 5.78. The predicted molar refractivity (Wildman–Crippen MR) is 71.1 cm³/mol. The highest BCUT2D eigenvalue weighted by molar-refractivity contribution is 5.48. The Bertz CT molecular complexity index is 420. The van der Waals surface area contributed by atoms with Crippen LogP contribution in [0.15, 0.2) is 6.07 Å². The SMILES string of the molecule is CCCOc1cc(C)c(C2OCCO2)c(C)c1C. The molecule has 0 bridgehead atoms. The molecule has 0 aliphatic carbocycles. The van der Waals surface area contributed by atoms with E-state index in [4.69, 9.17) is 14.2 Å². The van der Waals surface area contributed by atoms with Gasteiger partial charge in [0.15, 0.2) is 6.29 Å². The van der Waals surface area contributed by atoms with Gasteiger partial charge in [0.25, 0.3) is 0 Å². The van der Waals surface area contributed by atoms with E-state index < -0.39 is 0 Å². The van der Waals surface area contributed by atoms with Gasteiger partial charge in [0.1, 0.15) is 5.75 Å². The summed E-state index contributed by atoms with van der Waals surface area (Å²) in [7, 11) is 0. The molecule has 1 aliphatic rings. The first-order valence-corrected chi connectivity index (χ1v) is 6.61. The van der Waals surface area contributed by atoms with Gasteiger partial charge in [-0.25, -0.2) is 0 Å². The molecule has 0 saturated carbocycles. The van der Waals surface area contributed by atoms with E-state index in [-0.39, 0.29) is 6.29 Å². The van der Waals surface area contributed by atoms with Crippen LogP contribution in [0.2, 0.25) is 0 Å². The Morgan fingerprint density at radius 3 is 2.44 bits per heavy atom. The summed E-state index contributed by atoms with van der Waals surface area (Å²) in [5.41, 5.74) is 4.74. The fraction of sp³-hybridized carbons (Fsp3) is 0.600. The first-order valence-electron chi connectivity index (χ1n) is 6.61.